The summed E-state index contributed by atoms with van der Waals surface area (Å²) in [6.45, 7) is 12.0. The van der Waals surface area contributed by atoms with E-state index in [0.29, 0.717) is 24.8 Å². The number of amidine groups is 1. The number of nitrogens with zero attached hydrogens (tertiary/aromatic N) is 2. The summed E-state index contributed by atoms with van der Waals surface area (Å²) in [5.74, 6) is 1.39. The third-order valence-electron chi connectivity index (χ3n) is 8.55. The number of hydrogen-bond donors (Lipinski definition) is 2. The van der Waals surface area contributed by atoms with Gasteiger partial charge in [-0.25, -0.2) is 4.79 Å². The van der Waals surface area contributed by atoms with Gasteiger partial charge in [0.2, 0.25) is 5.91 Å². The molecule has 2 fully saturated rings. The van der Waals surface area contributed by atoms with Crippen molar-refractivity contribution in [1.82, 2.24) is 10.2 Å². The highest BCUT2D eigenvalue weighted by Crippen LogP contribution is 2.55. The van der Waals surface area contributed by atoms with Gasteiger partial charge < -0.3 is 15.5 Å². The van der Waals surface area contributed by atoms with Gasteiger partial charge in [0.05, 0.1) is 26.7 Å². The van der Waals surface area contributed by atoms with E-state index < -0.39 is 13.6 Å². The molecule has 176 valence electrons. The Balaban J connectivity index is 1.32. The van der Waals surface area contributed by atoms with Crippen molar-refractivity contribution in [3.8, 4) is 0 Å². The molecule has 2 aliphatic carbocycles. The highest BCUT2D eigenvalue weighted by atomic mass is 28.3. The first-order chi connectivity index (χ1) is 15.5. The van der Waals surface area contributed by atoms with Crippen LogP contribution in [0.25, 0.3) is 0 Å². The fourth-order valence-electron chi connectivity index (χ4n) is 5.80. The van der Waals surface area contributed by atoms with E-state index in [9.17, 15) is 9.59 Å². The summed E-state index contributed by atoms with van der Waals surface area (Å²) in [7, 11) is -1.66. The SMILES string of the molecule is CC1(C)C2=C(CN1C(=O)Nc1ccccc1C1CC1)C(NC(=O)C1([Si](C)(C)C)CCC1)=NC2. The molecule has 6 nitrogen and oxygen atoms in total. The number of anilines is 1. The van der Waals surface area contributed by atoms with E-state index in [1.807, 2.05) is 23.1 Å². The third kappa shape index (κ3) is 3.55. The quantitative estimate of drug-likeness (QED) is 0.595. The molecular weight excluding hydrogens is 428 g/mol. The molecule has 4 aliphatic rings. The Kier molecular flexibility index (Phi) is 5.12. The average molecular weight is 465 g/mol. The number of hydrogen-bond acceptors (Lipinski definition) is 3. The van der Waals surface area contributed by atoms with E-state index in [1.54, 1.807) is 0 Å². The fourth-order valence-corrected chi connectivity index (χ4v) is 8.40. The lowest BCUT2D eigenvalue weighted by molar-refractivity contribution is -0.125. The topological polar surface area (TPSA) is 73.8 Å². The van der Waals surface area contributed by atoms with Crippen LogP contribution in [0.1, 0.15) is 57.4 Å². The molecule has 2 aliphatic heterocycles. The van der Waals surface area contributed by atoms with Crippen LogP contribution in [0.2, 0.25) is 24.7 Å². The van der Waals surface area contributed by atoms with Gasteiger partial charge in [-0.15, -0.1) is 0 Å². The maximum atomic E-state index is 13.4. The van der Waals surface area contributed by atoms with E-state index in [0.717, 1.165) is 36.1 Å². The van der Waals surface area contributed by atoms with Gasteiger partial charge in [0.15, 0.2) is 0 Å². The van der Waals surface area contributed by atoms with Crippen LogP contribution in [-0.2, 0) is 4.79 Å². The zero-order chi connectivity index (χ0) is 23.6. The summed E-state index contributed by atoms with van der Waals surface area (Å²) in [4.78, 5) is 33.4. The van der Waals surface area contributed by atoms with Crippen LogP contribution < -0.4 is 10.6 Å². The minimum atomic E-state index is -1.66. The highest BCUT2D eigenvalue weighted by molar-refractivity contribution is 6.82. The molecule has 0 bridgehead atoms. The second-order valence-electron chi connectivity index (χ2n) is 11.7. The standard InChI is InChI=1S/C26H36N4O2Si/c1-25(2)20-15-27-22(29-23(31)26(13-8-14-26)33(3,4)5)19(20)16-30(25)24(32)28-21-10-7-6-9-18(21)17-11-12-17/h6-7,9-10,17H,8,11-16H2,1-5H3,(H,28,32)(H,27,29,31). The van der Waals surface area contributed by atoms with Crippen LogP contribution in [0, 0.1) is 0 Å². The number of carbonyl (C=O) groups excluding carboxylic acids is 2. The van der Waals surface area contributed by atoms with E-state index in [1.165, 1.54) is 18.4 Å². The first-order valence-electron chi connectivity index (χ1n) is 12.3. The lowest BCUT2D eigenvalue weighted by Crippen LogP contribution is -2.55. The molecule has 2 heterocycles. The summed E-state index contributed by atoms with van der Waals surface area (Å²) in [5.41, 5.74) is 3.85. The number of amides is 3. The van der Waals surface area contributed by atoms with Crippen molar-refractivity contribution in [3.05, 3.63) is 41.0 Å². The predicted octanol–water partition coefficient (Wildman–Crippen LogP) is 5.28. The Hall–Kier alpha value is -2.41. The van der Waals surface area contributed by atoms with Crippen LogP contribution in [0.5, 0.6) is 0 Å². The van der Waals surface area contributed by atoms with Gasteiger partial charge in [0.25, 0.3) is 0 Å². The Morgan fingerprint density at radius 2 is 1.79 bits per heavy atom. The largest absolute Gasteiger partial charge is 0.322 e. The highest BCUT2D eigenvalue weighted by Gasteiger charge is 2.54. The molecule has 2 N–H and O–H groups in total. The molecule has 1 aromatic carbocycles. The first kappa shape index (κ1) is 22.4. The average Bonchev–Trinajstić information content (AvgIpc) is 3.39. The second kappa shape index (κ2) is 7.55. The fraction of sp³-hybridized carbons (Fsp3) is 0.577. The molecule has 0 spiro atoms. The molecular formula is C26H36N4O2Si. The van der Waals surface area contributed by atoms with Crippen molar-refractivity contribution < 1.29 is 9.59 Å². The Morgan fingerprint density at radius 1 is 1.09 bits per heavy atom. The zero-order valence-corrected chi connectivity index (χ0v) is 21.5. The maximum Gasteiger partial charge on any atom is 0.322 e. The van der Waals surface area contributed by atoms with E-state index in [-0.39, 0.29) is 17.0 Å². The number of rotatable bonds is 4. The molecule has 2 saturated carbocycles. The number of nitrogens with one attached hydrogen (secondary N) is 2. The summed E-state index contributed by atoms with van der Waals surface area (Å²) in [6.07, 6.45) is 5.47. The van der Waals surface area contributed by atoms with Crippen LogP contribution in [-0.4, -0.2) is 49.4 Å². The van der Waals surface area contributed by atoms with Crippen LogP contribution in [0.3, 0.4) is 0 Å². The summed E-state index contributed by atoms with van der Waals surface area (Å²) in [5, 5.41) is 6.19. The Bertz CT molecular complexity index is 1070. The number of aliphatic imine (C=N–C) groups is 1. The molecule has 1 aromatic rings. The van der Waals surface area contributed by atoms with Crippen LogP contribution in [0.4, 0.5) is 10.5 Å². The molecule has 0 radical (unpaired) electrons. The van der Waals surface area contributed by atoms with E-state index in [4.69, 9.17) is 4.99 Å². The number of urea groups is 1. The zero-order valence-electron chi connectivity index (χ0n) is 20.5. The molecule has 33 heavy (non-hydrogen) atoms. The maximum absolute atomic E-state index is 13.4. The predicted molar refractivity (Wildman–Crippen MR) is 136 cm³/mol. The van der Waals surface area contributed by atoms with Gasteiger partial charge in [-0.3, -0.25) is 9.79 Å². The monoisotopic (exact) mass is 464 g/mol. The number of carbonyl (C=O) groups is 2. The molecule has 5 rings (SSSR count). The van der Waals surface area contributed by atoms with Gasteiger partial charge in [0, 0.05) is 16.3 Å². The van der Waals surface area contributed by atoms with Crippen molar-refractivity contribution >= 4 is 31.5 Å². The molecule has 7 heteroatoms. The van der Waals surface area contributed by atoms with Crippen molar-refractivity contribution in [2.75, 3.05) is 18.4 Å². The Labute approximate surface area is 197 Å². The lowest BCUT2D eigenvalue weighted by atomic mass is 9.83. The van der Waals surface area contributed by atoms with Crippen molar-refractivity contribution in [3.63, 3.8) is 0 Å². The van der Waals surface area contributed by atoms with Crippen molar-refractivity contribution in [1.29, 1.82) is 0 Å². The van der Waals surface area contributed by atoms with Gasteiger partial charge in [-0.2, -0.15) is 0 Å². The van der Waals surface area contributed by atoms with Crippen LogP contribution in [0.15, 0.2) is 40.4 Å². The summed E-state index contributed by atoms with van der Waals surface area (Å²) < 4.78 is 0. The van der Waals surface area contributed by atoms with Crippen molar-refractivity contribution in [2.24, 2.45) is 4.99 Å². The molecule has 3 amide bonds. The van der Waals surface area contributed by atoms with E-state index in [2.05, 4.69) is 50.2 Å². The lowest BCUT2D eigenvalue weighted by Gasteiger charge is -2.49. The molecule has 0 aromatic heterocycles. The second-order valence-corrected chi connectivity index (χ2v) is 17.2. The van der Waals surface area contributed by atoms with Gasteiger partial charge in [-0.05, 0) is 62.7 Å². The summed E-state index contributed by atoms with van der Waals surface area (Å²) >= 11 is 0. The van der Waals surface area contributed by atoms with Gasteiger partial charge in [0.1, 0.15) is 5.84 Å². The molecule has 0 atom stereocenters. The summed E-state index contributed by atoms with van der Waals surface area (Å²) in [6, 6.07) is 8.04. The minimum Gasteiger partial charge on any atom is -0.311 e. The first-order valence-corrected chi connectivity index (χ1v) is 15.8. The van der Waals surface area contributed by atoms with Gasteiger partial charge in [-0.1, -0.05) is 44.3 Å². The minimum absolute atomic E-state index is 0.0919. The normalized spacial score (nSPS) is 23.1. The van der Waals surface area contributed by atoms with Gasteiger partial charge >= 0.3 is 6.03 Å². The molecule has 0 saturated heterocycles. The third-order valence-corrected chi connectivity index (χ3v) is 12.1. The smallest absolute Gasteiger partial charge is 0.311 e. The van der Waals surface area contributed by atoms with Crippen LogP contribution >= 0.6 is 0 Å². The van der Waals surface area contributed by atoms with Crippen molar-refractivity contribution in [2.45, 2.75) is 82.1 Å². The number of benzene rings is 1. The Morgan fingerprint density at radius 3 is 2.39 bits per heavy atom. The number of para-hydroxylation sites is 1. The molecule has 0 unspecified atom stereocenters. The van der Waals surface area contributed by atoms with E-state index >= 15 is 0 Å².